The predicted octanol–water partition coefficient (Wildman–Crippen LogP) is 2.10. The molecular weight excluding hydrogens is 382 g/mol. The molecule has 0 radical (unpaired) electrons. The lowest BCUT2D eigenvalue weighted by Gasteiger charge is -2.07. The lowest BCUT2D eigenvalue weighted by Crippen LogP contribution is -2.15. The fourth-order valence-electron chi connectivity index (χ4n) is 2.06. The summed E-state index contributed by atoms with van der Waals surface area (Å²) in [6.07, 6.45) is 1.66. The number of amides is 3. The number of hydrogen-bond donors (Lipinski definition) is 4. The van der Waals surface area contributed by atoms with Gasteiger partial charge in [0.05, 0.1) is 5.75 Å². The van der Waals surface area contributed by atoms with E-state index in [1.165, 1.54) is 23.9 Å². The van der Waals surface area contributed by atoms with E-state index in [4.69, 9.17) is 10.8 Å². The summed E-state index contributed by atoms with van der Waals surface area (Å²) >= 11 is 1.27. The second-order valence-corrected chi connectivity index (χ2v) is 6.52. The van der Waals surface area contributed by atoms with E-state index in [1.54, 1.807) is 36.4 Å². The molecule has 5 N–H and O–H groups in total. The summed E-state index contributed by atoms with van der Waals surface area (Å²) < 4.78 is 0. The minimum Gasteiger partial charge on any atom is -0.478 e. The molecule has 2 aromatic carbocycles. The van der Waals surface area contributed by atoms with Crippen molar-refractivity contribution in [2.24, 2.45) is 5.73 Å². The van der Waals surface area contributed by atoms with Crippen molar-refractivity contribution in [3.63, 3.8) is 0 Å². The van der Waals surface area contributed by atoms with E-state index < -0.39 is 17.8 Å². The Morgan fingerprint density at radius 1 is 0.964 bits per heavy atom. The molecule has 2 aromatic rings. The van der Waals surface area contributed by atoms with Gasteiger partial charge in [-0.3, -0.25) is 14.4 Å². The minimum atomic E-state index is -1.21. The van der Waals surface area contributed by atoms with Crippen LogP contribution in [0.4, 0.5) is 11.4 Å². The first kappa shape index (κ1) is 20.7. The Bertz CT molecular complexity index is 925. The number of carboxylic acids is 1. The van der Waals surface area contributed by atoms with E-state index in [0.717, 1.165) is 17.0 Å². The minimum absolute atomic E-state index is 0.133. The fourth-order valence-corrected chi connectivity index (χ4v) is 2.81. The zero-order chi connectivity index (χ0) is 20.5. The molecule has 0 aromatic heterocycles. The van der Waals surface area contributed by atoms with Gasteiger partial charge in [0, 0.05) is 34.0 Å². The maximum Gasteiger partial charge on any atom is 0.328 e. The van der Waals surface area contributed by atoms with Crippen LogP contribution in [0.3, 0.4) is 0 Å². The van der Waals surface area contributed by atoms with Gasteiger partial charge in [-0.2, -0.15) is 0 Å². The first-order valence-corrected chi connectivity index (χ1v) is 8.96. The molecule has 0 heterocycles. The van der Waals surface area contributed by atoms with Gasteiger partial charge in [-0.15, -0.1) is 11.8 Å². The SMILES string of the molecule is NC(=O)c1ccc(NC(=O)CSc2cccc(NC(=O)/C=C/C(=O)O)c2)cc1. The highest BCUT2D eigenvalue weighted by Crippen LogP contribution is 2.22. The first-order chi connectivity index (χ1) is 13.3. The van der Waals surface area contributed by atoms with E-state index in [2.05, 4.69) is 10.6 Å². The van der Waals surface area contributed by atoms with Crippen LogP contribution in [-0.4, -0.2) is 34.6 Å². The number of nitrogens with one attached hydrogen (secondary N) is 2. The largest absolute Gasteiger partial charge is 0.478 e. The zero-order valence-corrected chi connectivity index (χ0v) is 15.4. The van der Waals surface area contributed by atoms with Crippen LogP contribution in [0.5, 0.6) is 0 Å². The van der Waals surface area contributed by atoms with E-state index in [-0.39, 0.29) is 11.7 Å². The van der Waals surface area contributed by atoms with E-state index in [0.29, 0.717) is 16.9 Å². The third-order valence-electron chi connectivity index (χ3n) is 3.30. The number of anilines is 2. The predicted molar refractivity (Wildman–Crippen MR) is 106 cm³/mol. The Labute approximate surface area is 164 Å². The summed E-state index contributed by atoms with van der Waals surface area (Å²) in [6, 6.07) is 13.0. The third-order valence-corrected chi connectivity index (χ3v) is 4.30. The number of hydrogen-bond acceptors (Lipinski definition) is 5. The van der Waals surface area contributed by atoms with Gasteiger partial charge in [0.2, 0.25) is 17.7 Å². The van der Waals surface area contributed by atoms with E-state index in [1.807, 2.05) is 0 Å². The first-order valence-electron chi connectivity index (χ1n) is 7.98. The van der Waals surface area contributed by atoms with Gasteiger partial charge in [-0.1, -0.05) is 6.07 Å². The molecule has 3 amide bonds. The van der Waals surface area contributed by atoms with Crippen LogP contribution in [0, 0.1) is 0 Å². The average Bonchev–Trinajstić information content (AvgIpc) is 2.65. The van der Waals surface area contributed by atoms with Gasteiger partial charge >= 0.3 is 5.97 Å². The zero-order valence-electron chi connectivity index (χ0n) is 14.5. The number of nitrogens with two attached hydrogens (primary N) is 1. The smallest absolute Gasteiger partial charge is 0.328 e. The second-order valence-electron chi connectivity index (χ2n) is 5.47. The number of aliphatic carboxylic acids is 1. The van der Waals surface area contributed by atoms with Gasteiger partial charge in [-0.25, -0.2) is 4.79 Å². The summed E-state index contributed by atoms with van der Waals surface area (Å²) in [6.45, 7) is 0. The van der Waals surface area contributed by atoms with Crippen LogP contribution in [0.1, 0.15) is 10.4 Å². The van der Waals surface area contributed by atoms with Gasteiger partial charge in [-0.05, 0) is 42.5 Å². The van der Waals surface area contributed by atoms with Crippen LogP contribution < -0.4 is 16.4 Å². The third kappa shape index (κ3) is 6.96. The molecule has 0 saturated heterocycles. The second kappa shape index (κ2) is 9.93. The van der Waals surface area contributed by atoms with Crippen LogP contribution >= 0.6 is 11.8 Å². The van der Waals surface area contributed by atoms with Crippen molar-refractivity contribution in [3.05, 3.63) is 66.2 Å². The van der Waals surface area contributed by atoms with Crippen LogP contribution in [-0.2, 0) is 14.4 Å². The Morgan fingerprint density at radius 2 is 1.68 bits per heavy atom. The van der Waals surface area contributed by atoms with Crippen molar-refractivity contribution in [1.82, 2.24) is 0 Å². The quantitative estimate of drug-likeness (QED) is 0.396. The van der Waals surface area contributed by atoms with Gasteiger partial charge < -0.3 is 21.5 Å². The maximum atomic E-state index is 12.1. The highest BCUT2D eigenvalue weighted by Gasteiger charge is 2.06. The molecule has 0 saturated carbocycles. The van der Waals surface area contributed by atoms with Crippen molar-refractivity contribution in [2.75, 3.05) is 16.4 Å². The highest BCUT2D eigenvalue weighted by atomic mass is 32.2. The number of carboxylic acid groups (broad SMARTS) is 1. The molecular formula is C19H17N3O5S. The monoisotopic (exact) mass is 399 g/mol. The molecule has 0 unspecified atom stereocenters. The molecule has 8 nitrogen and oxygen atoms in total. The Hall–Kier alpha value is -3.59. The number of thioether (sulfide) groups is 1. The lowest BCUT2D eigenvalue weighted by molar-refractivity contribution is -0.131. The summed E-state index contributed by atoms with van der Waals surface area (Å²) in [4.78, 5) is 45.8. The summed E-state index contributed by atoms with van der Waals surface area (Å²) in [5.41, 5.74) is 6.54. The number of primary amides is 1. The van der Waals surface area contributed by atoms with E-state index in [9.17, 15) is 19.2 Å². The van der Waals surface area contributed by atoms with Crippen LogP contribution in [0.25, 0.3) is 0 Å². The molecule has 9 heteroatoms. The Morgan fingerprint density at radius 3 is 2.32 bits per heavy atom. The van der Waals surface area contributed by atoms with Crippen molar-refractivity contribution in [3.8, 4) is 0 Å². The van der Waals surface area contributed by atoms with Crippen molar-refractivity contribution < 1.29 is 24.3 Å². The Kier molecular flexibility index (Phi) is 7.35. The summed E-state index contributed by atoms with van der Waals surface area (Å²) in [5, 5.41) is 13.8. The average molecular weight is 399 g/mol. The molecule has 0 bridgehead atoms. The molecule has 0 fully saturated rings. The van der Waals surface area contributed by atoms with Gasteiger partial charge in [0.25, 0.3) is 0 Å². The molecule has 0 aliphatic rings. The number of carbonyl (C=O) groups excluding carboxylic acids is 3. The number of benzene rings is 2. The van der Waals surface area contributed by atoms with Crippen molar-refractivity contribution in [2.45, 2.75) is 4.90 Å². The molecule has 0 aliphatic heterocycles. The highest BCUT2D eigenvalue weighted by molar-refractivity contribution is 8.00. The number of carbonyl (C=O) groups is 4. The number of rotatable bonds is 8. The van der Waals surface area contributed by atoms with Crippen LogP contribution in [0.2, 0.25) is 0 Å². The Balaban J connectivity index is 1.88. The molecule has 0 spiro atoms. The molecule has 0 aliphatic carbocycles. The normalized spacial score (nSPS) is 10.4. The lowest BCUT2D eigenvalue weighted by atomic mass is 10.2. The van der Waals surface area contributed by atoms with Gasteiger partial charge in [0.1, 0.15) is 0 Å². The molecule has 2 rings (SSSR count). The standard InChI is InChI=1S/C19H17N3O5S/c20-19(27)12-4-6-13(7-5-12)21-17(24)11-28-15-3-1-2-14(10-15)22-16(23)8-9-18(25)26/h1-10H,11H2,(H2,20,27)(H,21,24)(H,22,23)(H,25,26)/b9-8+. The van der Waals surface area contributed by atoms with Crippen LogP contribution in [0.15, 0.2) is 65.6 Å². The van der Waals surface area contributed by atoms with Crippen molar-refractivity contribution >= 4 is 46.8 Å². The maximum absolute atomic E-state index is 12.1. The van der Waals surface area contributed by atoms with E-state index >= 15 is 0 Å². The molecule has 28 heavy (non-hydrogen) atoms. The molecule has 0 atom stereocenters. The topological polar surface area (TPSA) is 139 Å². The summed E-state index contributed by atoms with van der Waals surface area (Å²) in [5.74, 6) is -2.43. The summed E-state index contributed by atoms with van der Waals surface area (Å²) in [7, 11) is 0. The van der Waals surface area contributed by atoms with Crippen molar-refractivity contribution in [1.29, 1.82) is 0 Å². The molecule has 144 valence electrons. The fraction of sp³-hybridized carbons (Fsp3) is 0.0526. The van der Waals surface area contributed by atoms with Gasteiger partial charge in [0.15, 0.2) is 0 Å².